The maximum absolute atomic E-state index is 13.5. The largest absolute Gasteiger partial charge is 0.366 e. The summed E-state index contributed by atoms with van der Waals surface area (Å²) in [5.41, 5.74) is 6.62. The van der Waals surface area contributed by atoms with Crippen molar-refractivity contribution < 1.29 is 9.18 Å². The zero-order valence-corrected chi connectivity index (χ0v) is 13.7. The third-order valence-corrected chi connectivity index (χ3v) is 5.06. The molecule has 1 fully saturated rings. The van der Waals surface area contributed by atoms with Gasteiger partial charge in [-0.3, -0.25) is 9.79 Å². The third kappa shape index (κ3) is 3.67. The fourth-order valence-corrected chi connectivity index (χ4v) is 3.70. The summed E-state index contributed by atoms with van der Waals surface area (Å²) >= 11 is 1.47. The van der Waals surface area contributed by atoms with Crippen LogP contribution in [0.1, 0.15) is 36.0 Å². The molecule has 2 N–H and O–H groups in total. The quantitative estimate of drug-likeness (QED) is 0.936. The van der Waals surface area contributed by atoms with Crippen molar-refractivity contribution in [3.8, 4) is 10.6 Å². The normalized spacial score (nSPS) is 22.3. The van der Waals surface area contributed by atoms with E-state index in [9.17, 15) is 9.18 Å². The molecule has 122 valence electrons. The van der Waals surface area contributed by atoms with E-state index in [-0.39, 0.29) is 6.04 Å². The van der Waals surface area contributed by atoms with E-state index >= 15 is 0 Å². The first-order chi connectivity index (χ1) is 11.0. The molecular weight excluding hydrogens is 315 g/mol. The van der Waals surface area contributed by atoms with Gasteiger partial charge < -0.3 is 5.73 Å². The van der Waals surface area contributed by atoms with Gasteiger partial charge >= 0.3 is 0 Å². The molecule has 0 saturated heterocycles. The van der Waals surface area contributed by atoms with Crippen molar-refractivity contribution in [3.05, 3.63) is 34.6 Å². The average molecular weight is 334 g/mol. The summed E-state index contributed by atoms with van der Waals surface area (Å²) in [7, 11) is 1.84. The van der Waals surface area contributed by atoms with Crippen molar-refractivity contribution in [3.63, 3.8) is 0 Å². The average Bonchev–Trinajstić information content (AvgIpc) is 2.88. The SMILES string of the molecule is Cn1nc(-c2ccc(C(N)=O)cc2)s/c1=N/C1CCCC(F)C1. The Morgan fingerprint density at radius 2 is 2.13 bits per heavy atom. The number of halogens is 1. The van der Waals surface area contributed by atoms with Gasteiger partial charge in [-0.2, -0.15) is 5.10 Å². The minimum absolute atomic E-state index is 0.0375. The Kier molecular flexibility index (Phi) is 4.56. The Balaban J connectivity index is 1.87. The van der Waals surface area contributed by atoms with Crippen LogP contribution in [0, 0.1) is 0 Å². The van der Waals surface area contributed by atoms with Gasteiger partial charge in [0.25, 0.3) is 0 Å². The Bertz CT molecular complexity index is 765. The van der Waals surface area contributed by atoms with E-state index in [1.807, 2.05) is 19.2 Å². The highest BCUT2D eigenvalue weighted by Crippen LogP contribution is 2.24. The molecule has 2 unspecified atom stereocenters. The minimum Gasteiger partial charge on any atom is -0.366 e. The number of carbonyl (C=O) groups excluding carboxylic acids is 1. The Hall–Kier alpha value is -2.02. The molecule has 0 radical (unpaired) electrons. The van der Waals surface area contributed by atoms with Crippen LogP contribution >= 0.6 is 11.3 Å². The molecule has 1 amide bonds. The van der Waals surface area contributed by atoms with Crippen LogP contribution in [-0.2, 0) is 7.05 Å². The molecule has 2 aromatic rings. The predicted octanol–water partition coefficient (Wildman–Crippen LogP) is 2.43. The van der Waals surface area contributed by atoms with Crippen LogP contribution in [-0.4, -0.2) is 27.9 Å². The van der Waals surface area contributed by atoms with Gasteiger partial charge in [0.05, 0.1) is 6.04 Å². The summed E-state index contributed by atoms with van der Waals surface area (Å²) in [5.74, 6) is -0.449. The van der Waals surface area contributed by atoms with E-state index in [1.165, 1.54) is 11.3 Å². The fourth-order valence-electron chi connectivity index (χ4n) is 2.73. The van der Waals surface area contributed by atoms with Crippen LogP contribution < -0.4 is 10.5 Å². The van der Waals surface area contributed by atoms with Gasteiger partial charge in [0.15, 0.2) is 0 Å². The van der Waals surface area contributed by atoms with Gasteiger partial charge in [-0.25, -0.2) is 9.07 Å². The van der Waals surface area contributed by atoms with Crippen molar-refractivity contribution >= 4 is 17.2 Å². The number of hydrogen-bond acceptors (Lipinski definition) is 4. The zero-order valence-electron chi connectivity index (χ0n) is 12.9. The van der Waals surface area contributed by atoms with Gasteiger partial charge in [0.1, 0.15) is 11.2 Å². The predicted molar refractivity (Wildman–Crippen MR) is 87.8 cm³/mol. The topological polar surface area (TPSA) is 73.3 Å². The molecule has 1 aliphatic rings. The second kappa shape index (κ2) is 6.62. The Labute approximate surface area is 137 Å². The molecule has 1 heterocycles. The van der Waals surface area contributed by atoms with Gasteiger partial charge in [0.2, 0.25) is 10.7 Å². The number of alkyl halides is 1. The number of aromatic nitrogens is 2. The summed E-state index contributed by atoms with van der Waals surface area (Å²) in [6, 6.07) is 7.05. The first kappa shape index (κ1) is 15.9. The smallest absolute Gasteiger partial charge is 0.248 e. The monoisotopic (exact) mass is 334 g/mol. The van der Waals surface area contributed by atoms with Crippen LogP contribution in [0.3, 0.4) is 0 Å². The lowest BCUT2D eigenvalue weighted by molar-refractivity contribution is 0.100. The molecule has 0 bridgehead atoms. The summed E-state index contributed by atoms with van der Waals surface area (Å²) in [5, 5.41) is 5.29. The molecule has 1 aliphatic carbocycles. The summed E-state index contributed by atoms with van der Waals surface area (Å²) in [6.07, 6.45) is 2.23. The van der Waals surface area contributed by atoms with Crippen molar-refractivity contribution in [2.24, 2.45) is 17.8 Å². The second-order valence-electron chi connectivity index (χ2n) is 5.80. The number of benzene rings is 1. The fraction of sp³-hybridized carbons (Fsp3) is 0.438. The van der Waals surface area contributed by atoms with Crippen LogP contribution in [0.15, 0.2) is 29.3 Å². The summed E-state index contributed by atoms with van der Waals surface area (Å²) in [6.45, 7) is 0. The van der Waals surface area contributed by atoms with Crippen LogP contribution in [0.5, 0.6) is 0 Å². The van der Waals surface area contributed by atoms with Gasteiger partial charge in [0, 0.05) is 24.6 Å². The standard InChI is InChI=1S/C16H19FN4OS/c1-21-16(19-13-4-2-3-12(17)9-13)23-15(20-21)11-7-5-10(6-8-11)14(18)22/h5-8,12-13H,2-4,9H2,1H3,(H2,18,22)/b19-16+. The van der Waals surface area contributed by atoms with Gasteiger partial charge in [-0.15, -0.1) is 0 Å². The molecule has 23 heavy (non-hydrogen) atoms. The van der Waals surface area contributed by atoms with E-state index in [2.05, 4.69) is 10.1 Å². The van der Waals surface area contributed by atoms with Crippen LogP contribution in [0.4, 0.5) is 4.39 Å². The number of aryl methyl sites for hydroxylation is 1. The first-order valence-corrected chi connectivity index (χ1v) is 8.47. The van der Waals surface area contributed by atoms with Crippen molar-refractivity contribution in [1.29, 1.82) is 0 Å². The molecule has 5 nitrogen and oxygen atoms in total. The highest BCUT2D eigenvalue weighted by molar-refractivity contribution is 7.12. The summed E-state index contributed by atoms with van der Waals surface area (Å²) in [4.78, 5) is 16.6. The number of amides is 1. The molecule has 7 heteroatoms. The van der Waals surface area contributed by atoms with Gasteiger partial charge in [-0.05, 0) is 31.4 Å². The Morgan fingerprint density at radius 3 is 2.78 bits per heavy atom. The van der Waals surface area contributed by atoms with E-state index in [1.54, 1.807) is 16.8 Å². The second-order valence-corrected chi connectivity index (χ2v) is 6.76. The lowest BCUT2D eigenvalue weighted by Crippen LogP contribution is -2.23. The molecule has 3 rings (SSSR count). The highest BCUT2D eigenvalue weighted by Gasteiger charge is 2.21. The number of primary amides is 1. The molecule has 1 aromatic carbocycles. The zero-order chi connectivity index (χ0) is 16.4. The molecule has 2 atom stereocenters. The lowest BCUT2D eigenvalue weighted by atomic mass is 9.94. The Morgan fingerprint density at radius 1 is 1.39 bits per heavy atom. The molecule has 0 spiro atoms. The lowest BCUT2D eigenvalue weighted by Gasteiger charge is -2.20. The first-order valence-electron chi connectivity index (χ1n) is 7.65. The number of nitrogens with two attached hydrogens (primary N) is 1. The number of nitrogens with zero attached hydrogens (tertiary/aromatic N) is 3. The minimum atomic E-state index is -0.739. The molecular formula is C16H19FN4OS. The molecule has 1 saturated carbocycles. The van der Waals surface area contributed by atoms with E-state index in [0.717, 1.165) is 28.2 Å². The van der Waals surface area contributed by atoms with E-state index < -0.39 is 12.1 Å². The third-order valence-electron chi connectivity index (χ3n) is 4.00. The van der Waals surface area contributed by atoms with E-state index in [0.29, 0.717) is 18.4 Å². The van der Waals surface area contributed by atoms with Crippen molar-refractivity contribution in [2.75, 3.05) is 0 Å². The number of carbonyl (C=O) groups is 1. The van der Waals surface area contributed by atoms with Crippen molar-refractivity contribution in [2.45, 2.75) is 37.9 Å². The maximum atomic E-state index is 13.5. The number of rotatable bonds is 3. The highest BCUT2D eigenvalue weighted by atomic mass is 32.1. The van der Waals surface area contributed by atoms with Crippen LogP contribution in [0.25, 0.3) is 10.6 Å². The van der Waals surface area contributed by atoms with Gasteiger partial charge in [-0.1, -0.05) is 23.5 Å². The molecule has 0 aliphatic heterocycles. The molecule has 1 aromatic heterocycles. The maximum Gasteiger partial charge on any atom is 0.248 e. The summed E-state index contributed by atoms with van der Waals surface area (Å²) < 4.78 is 15.2. The number of hydrogen-bond donors (Lipinski definition) is 1. The van der Waals surface area contributed by atoms with Crippen LogP contribution in [0.2, 0.25) is 0 Å². The van der Waals surface area contributed by atoms with E-state index in [4.69, 9.17) is 5.73 Å². The van der Waals surface area contributed by atoms with Crippen molar-refractivity contribution in [1.82, 2.24) is 9.78 Å².